The number of halogens is 2. The van der Waals surface area contributed by atoms with Gasteiger partial charge in [0.15, 0.2) is 5.69 Å². The third-order valence-electron chi connectivity index (χ3n) is 4.61. The Labute approximate surface area is 161 Å². The average Bonchev–Trinajstić information content (AvgIpc) is 3.13. The van der Waals surface area contributed by atoms with Crippen LogP contribution in [0.4, 0.5) is 0 Å². The Bertz CT molecular complexity index is 1010. The number of carbonyl (C=O) groups excluding carboxylic acids is 1. The molecule has 0 radical (unpaired) electrons. The van der Waals surface area contributed by atoms with Gasteiger partial charge in [0.25, 0.3) is 5.91 Å². The predicted octanol–water partition coefficient (Wildman–Crippen LogP) is 5.21. The number of aromatic nitrogens is 2. The van der Waals surface area contributed by atoms with Gasteiger partial charge < -0.3 is 4.90 Å². The zero-order valence-electron chi connectivity index (χ0n) is 14.4. The molecule has 0 N–H and O–H groups in total. The summed E-state index contributed by atoms with van der Waals surface area (Å²) in [4.78, 5) is 14.6. The van der Waals surface area contributed by atoms with E-state index in [9.17, 15) is 4.79 Å². The highest BCUT2D eigenvalue weighted by Gasteiger charge is 2.37. The number of para-hydroxylation sites is 1. The van der Waals surface area contributed by atoms with Crippen LogP contribution in [-0.2, 0) is 6.54 Å². The van der Waals surface area contributed by atoms with Crippen molar-refractivity contribution in [3.8, 4) is 16.9 Å². The first-order valence-corrected chi connectivity index (χ1v) is 9.17. The number of benzene rings is 2. The van der Waals surface area contributed by atoms with Crippen LogP contribution in [0, 0.1) is 0 Å². The monoisotopic (exact) mass is 385 g/mol. The van der Waals surface area contributed by atoms with Crippen molar-refractivity contribution in [2.45, 2.75) is 26.4 Å². The molecule has 26 heavy (non-hydrogen) atoms. The summed E-state index contributed by atoms with van der Waals surface area (Å²) in [6, 6.07) is 15.1. The highest BCUT2D eigenvalue weighted by Crippen LogP contribution is 2.39. The molecule has 3 aromatic rings. The van der Waals surface area contributed by atoms with Crippen LogP contribution >= 0.6 is 23.2 Å². The Balaban J connectivity index is 2.00. The van der Waals surface area contributed by atoms with Crippen LogP contribution in [-0.4, -0.2) is 26.6 Å². The van der Waals surface area contributed by atoms with E-state index in [1.807, 2.05) is 67.3 Å². The zero-order chi connectivity index (χ0) is 18.4. The molecule has 0 fully saturated rings. The molecule has 0 aliphatic carbocycles. The highest BCUT2D eigenvalue weighted by molar-refractivity contribution is 6.33. The van der Waals surface area contributed by atoms with Crippen molar-refractivity contribution in [1.82, 2.24) is 14.7 Å². The van der Waals surface area contributed by atoms with E-state index in [1.165, 1.54) is 0 Å². The minimum atomic E-state index is -0.0610. The van der Waals surface area contributed by atoms with E-state index >= 15 is 0 Å². The average molecular weight is 386 g/mol. The number of fused-ring (bicyclic) bond motifs is 1. The third kappa shape index (κ3) is 2.61. The highest BCUT2D eigenvalue weighted by atomic mass is 35.5. The third-order valence-corrected chi connectivity index (χ3v) is 5.26. The Morgan fingerprint density at radius 3 is 2.31 bits per heavy atom. The molecule has 1 aromatic heterocycles. The number of hydrogen-bond donors (Lipinski definition) is 0. The van der Waals surface area contributed by atoms with Crippen molar-refractivity contribution in [2.75, 3.05) is 0 Å². The van der Waals surface area contributed by atoms with Gasteiger partial charge in [0.1, 0.15) is 0 Å². The molecule has 2 aromatic carbocycles. The Kier molecular flexibility index (Phi) is 4.25. The lowest BCUT2D eigenvalue weighted by Crippen LogP contribution is -2.31. The number of rotatable bonds is 3. The lowest BCUT2D eigenvalue weighted by atomic mass is 10.1. The molecule has 0 bridgehead atoms. The number of nitrogens with zero attached hydrogens (tertiary/aromatic N) is 3. The Morgan fingerprint density at radius 1 is 1.00 bits per heavy atom. The van der Waals surface area contributed by atoms with E-state index in [0.717, 1.165) is 22.5 Å². The topological polar surface area (TPSA) is 38.1 Å². The van der Waals surface area contributed by atoms with Gasteiger partial charge >= 0.3 is 0 Å². The first kappa shape index (κ1) is 17.1. The molecule has 132 valence electrons. The van der Waals surface area contributed by atoms with Crippen molar-refractivity contribution in [3.63, 3.8) is 0 Å². The zero-order valence-corrected chi connectivity index (χ0v) is 15.9. The maximum atomic E-state index is 12.8. The molecule has 4 rings (SSSR count). The SMILES string of the molecule is CC(C)N1Cc2c(nn(-c3ccccc3Cl)c2-c2ccccc2Cl)C1=O. The van der Waals surface area contributed by atoms with Gasteiger partial charge in [-0.1, -0.05) is 53.5 Å². The van der Waals surface area contributed by atoms with Gasteiger partial charge in [-0.15, -0.1) is 0 Å². The Hall–Kier alpha value is -2.30. The molecular weight excluding hydrogens is 369 g/mol. The van der Waals surface area contributed by atoms with Crippen LogP contribution < -0.4 is 0 Å². The molecule has 0 atom stereocenters. The van der Waals surface area contributed by atoms with Crippen LogP contribution in [0.2, 0.25) is 10.0 Å². The maximum absolute atomic E-state index is 12.8. The fraction of sp³-hybridized carbons (Fsp3) is 0.200. The summed E-state index contributed by atoms with van der Waals surface area (Å²) in [5.74, 6) is -0.0610. The fourth-order valence-corrected chi connectivity index (χ4v) is 3.74. The van der Waals surface area contributed by atoms with Gasteiger partial charge in [0.05, 0.1) is 22.9 Å². The molecular formula is C20H17Cl2N3O. The van der Waals surface area contributed by atoms with Crippen molar-refractivity contribution in [2.24, 2.45) is 0 Å². The summed E-state index contributed by atoms with van der Waals surface area (Å²) >= 11 is 12.9. The normalized spacial score (nSPS) is 13.6. The minimum Gasteiger partial charge on any atom is -0.330 e. The predicted molar refractivity (Wildman–Crippen MR) is 104 cm³/mol. The van der Waals surface area contributed by atoms with Gasteiger partial charge in [-0.3, -0.25) is 4.79 Å². The van der Waals surface area contributed by atoms with Crippen LogP contribution in [0.15, 0.2) is 48.5 Å². The quantitative estimate of drug-likeness (QED) is 0.620. The molecule has 4 nitrogen and oxygen atoms in total. The van der Waals surface area contributed by atoms with Gasteiger partial charge in [-0.25, -0.2) is 4.68 Å². The standard InChI is InChI=1S/C20H17Cl2N3O/c1-12(2)24-11-14-18(20(24)26)23-25(17-10-6-5-9-16(17)22)19(14)13-7-3-4-8-15(13)21/h3-10,12H,11H2,1-2H3. The number of amides is 1. The van der Waals surface area contributed by atoms with Crippen LogP contribution in [0.3, 0.4) is 0 Å². The molecule has 2 heterocycles. The van der Waals surface area contributed by atoms with Crippen LogP contribution in [0.1, 0.15) is 29.9 Å². The molecule has 1 aliphatic heterocycles. The molecule has 0 spiro atoms. The smallest absolute Gasteiger partial charge is 0.275 e. The number of hydrogen-bond acceptors (Lipinski definition) is 2. The van der Waals surface area contributed by atoms with E-state index < -0.39 is 0 Å². The van der Waals surface area contributed by atoms with Gasteiger partial charge in [0.2, 0.25) is 0 Å². The second-order valence-corrected chi connectivity index (χ2v) is 7.36. The van der Waals surface area contributed by atoms with Gasteiger partial charge in [0, 0.05) is 22.2 Å². The van der Waals surface area contributed by atoms with Crippen LogP contribution in [0.25, 0.3) is 16.9 Å². The first-order valence-electron chi connectivity index (χ1n) is 8.41. The summed E-state index contributed by atoms with van der Waals surface area (Å²) in [7, 11) is 0. The van der Waals surface area contributed by atoms with Crippen molar-refractivity contribution >= 4 is 29.1 Å². The molecule has 1 aliphatic rings. The van der Waals surface area contributed by atoms with E-state index in [0.29, 0.717) is 22.3 Å². The van der Waals surface area contributed by atoms with E-state index in [-0.39, 0.29) is 11.9 Å². The lowest BCUT2D eigenvalue weighted by molar-refractivity contribution is 0.0724. The van der Waals surface area contributed by atoms with Crippen molar-refractivity contribution in [3.05, 3.63) is 69.8 Å². The first-order chi connectivity index (χ1) is 12.5. The van der Waals surface area contributed by atoms with Crippen LogP contribution in [0.5, 0.6) is 0 Å². The van der Waals surface area contributed by atoms with E-state index in [4.69, 9.17) is 23.2 Å². The number of carbonyl (C=O) groups is 1. The molecule has 0 unspecified atom stereocenters. The van der Waals surface area contributed by atoms with Gasteiger partial charge in [-0.05, 0) is 32.0 Å². The van der Waals surface area contributed by atoms with Gasteiger partial charge in [-0.2, -0.15) is 5.10 Å². The largest absolute Gasteiger partial charge is 0.330 e. The lowest BCUT2D eigenvalue weighted by Gasteiger charge is -2.21. The van der Waals surface area contributed by atoms with E-state index in [2.05, 4.69) is 5.10 Å². The molecule has 6 heteroatoms. The molecule has 1 amide bonds. The second kappa shape index (κ2) is 6.45. The molecule has 0 saturated heterocycles. The summed E-state index contributed by atoms with van der Waals surface area (Å²) in [5, 5.41) is 5.81. The fourth-order valence-electron chi connectivity index (χ4n) is 3.29. The summed E-state index contributed by atoms with van der Waals surface area (Å²) in [6.45, 7) is 4.51. The summed E-state index contributed by atoms with van der Waals surface area (Å²) < 4.78 is 1.74. The van der Waals surface area contributed by atoms with E-state index in [1.54, 1.807) is 4.68 Å². The molecule has 0 saturated carbocycles. The van der Waals surface area contributed by atoms with Crippen molar-refractivity contribution in [1.29, 1.82) is 0 Å². The maximum Gasteiger partial charge on any atom is 0.275 e. The minimum absolute atomic E-state index is 0.0610. The second-order valence-electron chi connectivity index (χ2n) is 6.55. The van der Waals surface area contributed by atoms with Crippen molar-refractivity contribution < 1.29 is 4.79 Å². The Morgan fingerprint density at radius 2 is 1.65 bits per heavy atom. The summed E-state index contributed by atoms with van der Waals surface area (Å²) in [6.07, 6.45) is 0. The summed E-state index contributed by atoms with van der Waals surface area (Å²) in [5.41, 5.74) is 3.73.